The van der Waals surface area contributed by atoms with Gasteiger partial charge in [0.2, 0.25) is 0 Å². The maximum Gasteiger partial charge on any atom is 0.0625 e. The summed E-state index contributed by atoms with van der Waals surface area (Å²) >= 11 is 2.03. The normalized spacial score (nSPS) is 22.6. The van der Waals surface area contributed by atoms with Gasteiger partial charge in [-0.15, -0.1) is 11.8 Å². The van der Waals surface area contributed by atoms with E-state index in [1.165, 1.54) is 26.9 Å². The summed E-state index contributed by atoms with van der Waals surface area (Å²) in [6, 6.07) is 9.23. The Hall–Kier alpha value is -1.78. The molecule has 2 aliphatic rings. The summed E-state index contributed by atoms with van der Waals surface area (Å²) in [7, 11) is 2.24. The van der Waals surface area contributed by atoms with Gasteiger partial charge in [0.25, 0.3) is 0 Å². The monoisotopic (exact) mass is 363 g/mol. The van der Waals surface area contributed by atoms with Gasteiger partial charge in [-0.25, -0.2) is 0 Å². The van der Waals surface area contributed by atoms with Crippen LogP contribution < -0.4 is 0 Å². The number of aromatic nitrogens is 2. The van der Waals surface area contributed by atoms with Crippen LogP contribution in [-0.2, 0) is 24.3 Å². The zero-order valence-corrected chi connectivity index (χ0v) is 16.8. The lowest BCUT2D eigenvalue weighted by Gasteiger charge is -2.36. The lowest BCUT2D eigenvalue weighted by atomic mass is 9.99. The third-order valence-corrected chi connectivity index (χ3v) is 7.30. The predicted octanol–water partition coefficient (Wildman–Crippen LogP) is 4.66. The van der Waals surface area contributed by atoms with E-state index in [2.05, 4.69) is 66.5 Å². The highest BCUT2D eigenvalue weighted by molar-refractivity contribution is 8.00. The van der Waals surface area contributed by atoms with Gasteiger partial charge in [-0.3, -0.25) is 4.98 Å². The first kappa shape index (κ1) is 16.4. The van der Waals surface area contributed by atoms with Crippen LogP contribution in [0.15, 0.2) is 35.4 Å². The zero-order valence-electron chi connectivity index (χ0n) is 16.0. The molecule has 0 amide bonds. The van der Waals surface area contributed by atoms with Crippen molar-refractivity contribution in [2.45, 2.75) is 49.9 Å². The molecule has 0 N–H and O–H groups in total. The molecule has 3 nitrogen and oxygen atoms in total. The number of hydrogen-bond acceptors (Lipinski definition) is 3. The van der Waals surface area contributed by atoms with E-state index in [1.54, 1.807) is 11.3 Å². The Balaban J connectivity index is 1.74. The molecule has 134 valence electrons. The minimum atomic E-state index is 0.0392. The van der Waals surface area contributed by atoms with Crippen LogP contribution >= 0.6 is 11.8 Å². The van der Waals surface area contributed by atoms with Crippen molar-refractivity contribution < 1.29 is 0 Å². The van der Waals surface area contributed by atoms with Crippen molar-refractivity contribution in [1.29, 1.82) is 0 Å². The Morgan fingerprint density at radius 2 is 2.04 bits per heavy atom. The summed E-state index contributed by atoms with van der Waals surface area (Å²) in [4.78, 5) is 8.29. The molecule has 0 saturated carbocycles. The quantitative estimate of drug-likeness (QED) is 0.627. The van der Waals surface area contributed by atoms with Crippen LogP contribution in [0.5, 0.6) is 0 Å². The van der Waals surface area contributed by atoms with E-state index < -0.39 is 0 Å². The van der Waals surface area contributed by atoms with Gasteiger partial charge in [0, 0.05) is 53.9 Å². The summed E-state index contributed by atoms with van der Waals surface area (Å²) in [5, 5.41) is 1.47. The van der Waals surface area contributed by atoms with Crippen LogP contribution in [0.1, 0.15) is 35.0 Å². The van der Waals surface area contributed by atoms with Crippen molar-refractivity contribution in [2.24, 2.45) is 0 Å². The van der Waals surface area contributed by atoms with E-state index in [4.69, 9.17) is 0 Å². The van der Waals surface area contributed by atoms with E-state index >= 15 is 0 Å². The number of pyridine rings is 1. The molecule has 1 unspecified atom stereocenters. The van der Waals surface area contributed by atoms with E-state index in [0.717, 1.165) is 31.7 Å². The summed E-state index contributed by atoms with van der Waals surface area (Å²) in [6.45, 7) is 9.96. The lowest BCUT2D eigenvalue weighted by Crippen LogP contribution is -2.31. The molecule has 5 rings (SSSR count). The van der Waals surface area contributed by atoms with Crippen molar-refractivity contribution in [1.82, 2.24) is 14.5 Å². The molecule has 2 aliphatic heterocycles. The van der Waals surface area contributed by atoms with Crippen molar-refractivity contribution in [3.8, 4) is 0 Å². The topological polar surface area (TPSA) is 21.1 Å². The van der Waals surface area contributed by atoms with E-state index in [-0.39, 0.29) is 4.75 Å². The molecule has 0 fully saturated rings. The molecule has 4 heteroatoms. The maximum absolute atomic E-state index is 4.41. The third-order valence-electron chi connectivity index (χ3n) is 5.95. The van der Waals surface area contributed by atoms with Crippen molar-refractivity contribution >= 4 is 22.7 Å². The molecule has 3 aromatic rings. The van der Waals surface area contributed by atoms with Crippen molar-refractivity contribution in [3.05, 3.63) is 58.5 Å². The Morgan fingerprint density at radius 3 is 2.85 bits per heavy atom. The average molecular weight is 364 g/mol. The fourth-order valence-corrected chi connectivity index (χ4v) is 6.15. The molecule has 0 aliphatic carbocycles. The first-order valence-electron chi connectivity index (χ1n) is 9.40. The number of hydrogen-bond donors (Lipinski definition) is 0. The Bertz CT molecular complexity index is 1040. The zero-order chi connectivity index (χ0) is 18.1. The highest BCUT2D eigenvalue weighted by atomic mass is 32.2. The molecule has 1 atom stereocenters. The van der Waals surface area contributed by atoms with E-state index in [0.29, 0.717) is 0 Å². The SMILES string of the molecule is Cc1cc2c3c(c1)c1c(n3CC(C)(c3ccnc(C)c3)S2)CCN(C)C1. The Kier molecular flexibility index (Phi) is 3.54. The van der Waals surface area contributed by atoms with Gasteiger partial charge in [0.1, 0.15) is 0 Å². The van der Waals surface area contributed by atoms with Crippen LogP contribution in [0, 0.1) is 13.8 Å². The Labute approximate surface area is 159 Å². The van der Waals surface area contributed by atoms with Crippen LogP contribution in [-0.4, -0.2) is 28.0 Å². The smallest absolute Gasteiger partial charge is 0.0625 e. The number of thioether (sulfide) groups is 1. The second-order valence-corrected chi connectivity index (χ2v) is 9.72. The molecule has 1 aromatic carbocycles. The summed E-state index contributed by atoms with van der Waals surface area (Å²) < 4.78 is 2.68. The predicted molar refractivity (Wildman–Crippen MR) is 109 cm³/mol. The second kappa shape index (κ2) is 5.61. The molecule has 0 spiro atoms. The fourth-order valence-electron chi connectivity index (χ4n) is 4.67. The number of likely N-dealkylation sites (N-methyl/N-ethyl adjacent to an activating group) is 1. The van der Waals surface area contributed by atoms with Crippen molar-refractivity contribution in [2.75, 3.05) is 13.6 Å². The summed E-state index contributed by atoms with van der Waals surface area (Å²) in [6.07, 6.45) is 3.10. The first-order chi connectivity index (χ1) is 12.4. The van der Waals surface area contributed by atoms with Gasteiger partial charge >= 0.3 is 0 Å². The first-order valence-corrected chi connectivity index (χ1v) is 10.2. The second-order valence-electron chi connectivity index (χ2n) is 8.18. The van der Waals surface area contributed by atoms with Crippen LogP contribution in [0.2, 0.25) is 0 Å². The van der Waals surface area contributed by atoms with Crippen LogP contribution in [0.4, 0.5) is 0 Å². The van der Waals surface area contributed by atoms with Gasteiger partial charge in [-0.1, -0.05) is 0 Å². The van der Waals surface area contributed by atoms with Crippen LogP contribution in [0.25, 0.3) is 10.9 Å². The molecule has 26 heavy (non-hydrogen) atoms. The minimum absolute atomic E-state index is 0.0392. The highest BCUT2D eigenvalue weighted by Crippen LogP contribution is 2.51. The molecule has 0 bridgehead atoms. The van der Waals surface area contributed by atoms with Crippen LogP contribution in [0.3, 0.4) is 0 Å². The number of nitrogens with zero attached hydrogens (tertiary/aromatic N) is 3. The summed E-state index contributed by atoms with van der Waals surface area (Å²) in [5.41, 5.74) is 8.41. The average Bonchev–Trinajstić information content (AvgIpc) is 2.88. The molecular formula is C22H25N3S. The lowest BCUT2D eigenvalue weighted by molar-refractivity contribution is 0.308. The van der Waals surface area contributed by atoms with E-state index in [9.17, 15) is 0 Å². The summed E-state index contributed by atoms with van der Waals surface area (Å²) in [5.74, 6) is 0. The fraction of sp³-hybridized carbons (Fsp3) is 0.409. The van der Waals surface area contributed by atoms with E-state index in [1.807, 2.05) is 18.0 Å². The largest absolute Gasteiger partial charge is 0.342 e. The highest BCUT2D eigenvalue weighted by Gasteiger charge is 2.37. The number of fused-ring (bicyclic) bond motifs is 3. The van der Waals surface area contributed by atoms with Gasteiger partial charge < -0.3 is 9.47 Å². The van der Waals surface area contributed by atoms with Crippen molar-refractivity contribution in [3.63, 3.8) is 0 Å². The minimum Gasteiger partial charge on any atom is -0.342 e. The number of rotatable bonds is 1. The van der Waals surface area contributed by atoms with Gasteiger partial charge in [-0.2, -0.15) is 0 Å². The molecule has 0 radical (unpaired) electrons. The maximum atomic E-state index is 4.41. The molecule has 2 aromatic heterocycles. The standard InChI is InChI=1S/C22H25N3S/c1-14-9-17-18-12-24(4)8-6-19(18)25-13-22(3,26-20(10-14)21(17)25)16-5-7-23-15(2)11-16/h5,7,9-11H,6,8,12-13H2,1-4H3. The van der Waals surface area contributed by atoms with Gasteiger partial charge in [0.05, 0.1) is 10.3 Å². The third kappa shape index (κ3) is 2.35. The number of benzene rings is 1. The number of aryl methyl sites for hydroxylation is 2. The van der Waals surface area contributed by atoms with Gasteiger partial charge in [0.15, 0.2) is 0 Å². The van der Waals surface area contributed by atoms with Gasteiger partial charge in [-0.05, 0) is 68.8 Å². The molecule has 4 heterocycles. The molecular weight excluding hydrogens is 338 g/mol. The molecule has 0 saturated heterocycles. The Morgan fingerprint density at radius 1 is 1.19 bits per heavy atom.